The van der Waals surface area contributed by atoms with Crippen LogP contribution in [0.5, 0.6) is 0 Å². The van der Waals surface area contributed by atoms with E-state index in [1.165, 1.54) is 32.1 Å². The molecule has 0 spiro atoms. The number of hydrogen-bond acceptors (Lipinski definition) is 1. The van der Waals surface area contributed by atoms with Gasteiger partial charge >= 0.3 is 0 Å². The van der Waals surface area contributed by atoms with Crippen LogP contribution in [0.15, 0.2) is 10.6 Å². The molecule has 0 amide bonds. The fourth-order valence-corrected chi connectivity index (χ4v) is 4.96. The molecule has 3 unspecified atom stereocenters. The summed E-state index contributed by atoms with van der Waals surface area (Å²) in [5.74, 6) is 1.29. The number of ketones is 1. The van der Waals surface area contributed by atoms with E-state index in [0.717, 1.165) is 12.8 Å². The molecule has 3 heteroatoms. The van der Waals surface area contributed by atoms with Crippen LogP contribution in [0.25, 0.3) is 0 Å². The number of halogens is 2. The molecule has 2 fully saturated rings. The van der Waals surface area contributed by atoms with Crippen LogP contribution in [-0.4, -0.2) is 5.78 Å². The lowest BCUT2D eigenvalue weighted by atomic mass is 9.45. The summed E-state index contributed by atoms with van der Waals surface area (Å²) in [6.07, 6.45) is 10.1. The van der Waals surface area contributed by atoms with Gasteiger partial charge in [0.1, 0.15) is 10.3 Å². The number of Topliss-reactive ketones (excluding diaryl/α,β-unsaturated/α-hetero) is 1. The van der Waals surface area contributed by atoms with Gasteiger partial charge in [-0.1, -0.05) is 56.3 Å². The van der Waals surface area contributed by atoms with Crippen molar-refractivity contribution in [3.8, 4) is 0 Å². The fourth-order valence-electron chi connectivity index (χ4n) is 4.55. The van der Waals surface area contributed by atoms with Gasteiger partial charge in [0.15, 0.2) is 0 Å². The zero-order valence-electron chi connectivity index (χ0n) is 11.9. The molecule has 3 atom stereocenters. The molecule has 2 saturated carbocycles. The van der Waals surface area contributed by atoms with E-state index >= 15 is 0 Å². The normalized spacial score (nSPS) is 35.9. The van der Waals surface area contributed by atoms with E-state index in [4.69, 9.17) is 23.2 Å². The molecule has 19 heavy (non-hydrogen) atoms. The van der Waals surface area contributed by atoms with E-state index in [1.807, 2.05) is 6.08 Å². The minimum Gasteiger partial charge on any atom is -0.299 e. The first kappa shape index (κ1) is 15.4. The minimum absolute atomic E-state index is 0.0767. The second-order valence-electron chi connectivity index (χ2n) is 6.14. The highest BCUT2D eigenvalue weighted by atomic mass is 35.5. The van der Waals surface area contributed by atoms with Crippen molar-refractivity contribution in [2.45, 2.75) is 58.8 Å². The predicted octanol–water partition coefficient (Wildman–Crippen LogP) is 5.51. The van der Waals surface area contributed by atoms with E-state index in [0.29, 0.717) is 16.2 Å². The van der Waals surface area contributed by atoms with Crippen LogP contribution in [0.1, 0.15) is 58.8 Å². The Morgan fingerprint density at radius 2 is 1.89 bits per heavy atom. The Morgan fingerprint density at radius 3 is 2.37 bits per heavy atom. The molecular formula is C16H24Cl2O. The highest BCUT2D eigenvalue weighted by Crippen LogP contribution is 2.59. The summed E-state index contributed by atoms with van der Waals surface area (Å²) in [4.78, 5) is 12.5. The number of carbonyl (C=O) groups is 1. The lowest BCUT2D eigenvalue weighted by Gasteiger charge is -2.56. The first-order valence-electron chi connectivity index (χ1n) is 7.64. The van der Waals surface area contributed by atoms with E-state index in [2.05, 4.69) is 13.8 Å². The molecule has 2 aliphatic carbocycles. The topological polar surface area (TPSA) is 17.1 Å². The van der Waals surface area contributed by atoms with Gasteiger partial charge in [0.2, 0.25) is 0 Å². The van der Waals surface area contributed by atoms with Crippen molar-refractivity contribution >= 4 is 29.0 Å². The van der Waals surface area contributed by atoms with Gasteiger partial charge in [-0.25, -0.2) is 0 Å². The maximum Gasteiger partial charge on any atom is 0.141 e. The molecule has 2 rings (SSSR count). The molecular weight excluding hydrogens is 279 g/mol. The molecule has 0 N–H and O–H groups in total. The second-order valence-corrected chi connectivity index (χ2v) is 7.15. The average molecular weight is 303 g/mol. The molecule has 2 aliphatic rings. The largest absolute Gasteiger partial charge is 0.299 e. The summed E-state index contributed by atoms with van der Waals surface area (Å²) >= 11 is 11.9. The van der Waals surface area contributed by atoms with Gasteiger partial charge in [-0.15, -0.1) is 0 Å². The first-order valence-corrected chi connectivity index (χ1v) is 8.40. The fraction of sp³-hybridized carbons (Fsp3) is 0.812. The van der Waals surface area contributed by atoms with Gasteiger partial charge in [-0.3, -0.25) is 4.79 Å². The number of rotatable bonds is 4. The maximum absolute atomic E-state index is 12.5. The Morgan fingerprint density at radius 1 is 1.26 bits per heavy atom. The zero-order valence-corrected chi connectivity index (χ0v) is 13.4. The summed E-state index contributed by atoms with van der Waals surface area (Å²) in [6, 6.07) is 0. The van der Waals surface area contributed by atoms with Crippen LogP contribution in [-0.2, 0) is 4.79 Å². The van der Waals surface area contributed by atoms with Crippen molar-refractivity contribution in [2.24, 2.45) is 23.2 Å². The Balaban J connectivity index is 2.29. The lowest BCUT2D eigenvalue weighted by Crippen LogP contribution is -2.59. The molecule has 0 aromatic rings. The van der Waals surface area contributed by atoms with Crippen LogP contribution in [0, 0.1) is 23.2 Å². The van der Waals surface area contributed by atoms with E-state index in [1.54, 1.807) is 0 Å². The maximum atomic E-state index is 12.5. The smallest absolute Gasteiger partial charge is 0.141 e. The Labute approximate surface area is 126 Å². The molecule has 1 nitrogen and oxygen atoms in total. The average Bonchev–Trinajstić information content (AvgIpc) is 2.39. The van der Waals surface area contributed by atoms with Crippen molar-refractivity contribution in [3.05, 3.63) is 10.6 Å². The van der Waals surface area contributed by atoms with E-state index in [9.17, 15) is 4.79 Å². The molecule has 0 aliphatic heterocycles. The zero-order chi connectivity index (χ0) is 14.0. The van der Waals surface area contributed by atoms with Crippen LogP contribution < -0.4 is 0 Å². The summed E-state index contributed by atoms with van der Waals surface area (Å²) in [5.41, 5.74) is -0.0767. The van der Waals surface area contributed by atoms with Crippen LogP contribution in [0.2, 0.25) is 0 Å². The van der Waals surface area contributed by atoms with Crippen LogP contribution in [0.3, 0.4) is 0 Å². The van der Waals surface area contributed by atoms with E-state index < -0.39 is 0 Å². The summed E-state index contributed by atoms with van der Waals surface area (Å²) in [7, 11) is 0. The molecule has 0 aromatic carbocycles. The van der Waals surface area contributed by atoms with Crippen molar-refractivity contribution in [3.63, 3.8) is 0 Å². The number of hydrogen-bond donors (Lipinski definition) is 0. The molecule has 0 radical (unpaired) electrons. The second kappa shape index (κ2) is 6.18. The van der Waals surface area contributed by atoms with Crippen LogP contribution >= 0.6 is 23.2 Å². The Bertz CT molecular complexity index is 367. The SMILES string of the molecule is CCC1C(=O)C(C2CCCCC2)C1(C=C(Cl)Cl)CC. The van der Waals surface area contributed by atoms with Crippen LogP contribution in [0.4, 0.5) is 0 Å². The predicted molar refractivity (Wildman–Crippen MR) is 81.4 cm³/mol. The van der Waals surface area contributed by atoms with Crippen molar-refractivity contribution in [1.29, 1.82) is 0 Å². The van der Waals surface area contributed by atoms with Gasteiger partial charge < -0.3 is 0 Å². The highest BCUT2D eigenvalue weighted by Gasteiger charge is 2.60. The Kier molecular flexibility index (Phi) is 5.00. The standard InChI is InChI=1S/C16H24Cl2O/c1-3-12-15(19)14(11-8-6-5-7-9-11)16(12,4-2)10-13(17)18/h10-12,14H,3-9H2,1-2H3. The highest BCUT2D eigenvalue weighted by molar-refractivity contribution is 6.55. The third-order valence-electron chi connectivity index (χ3n) is 5.40. The van der Waals surface area contributed by atoms with Gasteiger partial charge in [0, 0.05) is 17.3 Å². The molecule has 0 saturated heterocycles. The minimum atomic E-state index is -0.0767. The van der Waals surface area contributed by atoms with Crippen molar-refractivity contribution in [2.75, 3.05) is 0 Å². The van der Waals surface area contributed by atoms with Crippen molar-refractivity contribution < 1.29 is 4.79 Å². The number of allylic oxidation sites excluding steroid dienone is 1. The first-order chi connectivity index (χ1) is 9.06. The van der Waals surface area contributed by atoms with E-state index in [-0.39, 0.29) is 17.3 Å². The summed E-state index contributed by atoms with van der Waals surface area (Å²) < 4.78 is 0.327. The van der Waals surface area contributed by atoms with Crippen molar-refractivity contribution in [1.82, 2.24) is 0 Å². The number of carbonyl (C=O) groups excluding carboxylic acids is 1. The Hall–Kier alpha value is -0.0100. The lowest BCUT2D eigenvalue weighted by molar-refractivity contribution is -0.158. The molecule has 108 valence electrons. The van der Waals surface area contributed by atoms with Gasteiger partial charge in [0.05, 0.1) is 0 Å². The third-order valence-corrected chi connectivity index (χ3v) is 5.62. The molecule has 0 bridgehead atoms. The third kappa shape index (κ3) is 2.61. The molecule has 0 heterocycles. The summed E-state index contributed by atoms with van der Waals surface area (Å²) in [6.45, 7) is 4.26. The summed E-state index contributed by atoms with van der Waals surface area (Å²) in [5, 5.41) is 0. The van der Waals surface area contributed by atoms with Gasteiger partial charge in [-0.2, -0.15) is 0 Å². The quantitative estimate of drug-likeness (QED) is 0.669. The van der Waals surface area contributed by atoms with Gasteiger partial charge in [0.25, 0.3) is 0 Å². The molecule has 0 aromatic heterocycles. The van der Waals surface area contributed by atoms with Gasteiger partial charge in [-0.05, 0) is 37.7 Å². The monoisotopic (exact) mass is 302 g/mol.